The maximum Gasteiger partial charge on any atom is 0.273 e. The monoisotopic (exact) mass is 202 g/mol. The van der Waals surface area contributed by atoms with Crippen LogP contribution in [0.4, 0.5) is 0 Å². The Morgan fingerprint density at radius 1 is 1.08 bits per heavy atom. The zero-order chi connectivity index (χ0) is 8.65. The van der Waals surface area contributed by atoms with Gasteiger partial charge >= 0.3 is 0 Å². The Kier molecular flexibility index (Phi) is 6.50. The largest absolute Gasteiger partial charge is 0.273 e. The molecule has 0 aromatic rings. The Balaban J connectivity index is 1.91. The summed E-state index contributed by atoms with van der Waals surface area (Å²) in [6, 6.07) is 0. The van der Waals surface area contributed by atoms with Crippen LogP contribution in [-0.2, 0) is 0 Å². The van der Waals surface area contributed by atoms with Crippen molar-refractivity contribution < 1.29 is 0 Å². The van der Waals surface area contributed by atoms with E-state index in [1.807, 2.05) is 0 Å². The van der Waals surface area contributed by atoms with Crippen molar-refractivity contribution in [2.75, 3.05) is 11.5 Å². The average molecular weight is 202 g/mol. The van der Waals surface area contributed by atoms with Crippen LogP contribution in [0.3, 0.4) is 0 Å². The van der Waals surface area contributed by atoms with Crippen LogP contribution in [0.2, 0.25) is 6.32 Å². The molecule has 1 saturated heterocycles. The van der Waals surface area contributed by atoms with Crippen molar-refractivity contribution in [1.29, 1.82) is 0 Å². The fraction of sp³-hybridized carbons (Fsp3) is 1.00. The van der Waals surface area contributed by atoms with Crippen LogP contribution in [0.25, 0.3) is 0 Å². The first-order valence-electron chi connectivity index (χ1n) is 5.16. The minimum absolute atomic E-state index is 0.940. The van der Waals surface area contributed by atoms with Gasteiger partial charge in [0.05, 0.1) is 0 Å². The normalized spacial score (nSPS) is 18.2. The van der Waals surface area contributed by atoms with E-state index < -0.39 is 0 Å². The molecule has 0 bridgehead atoms. The molecule has 0 atom stereocenters. The fourth-order valence-corrected chi connectivity index (χ4v) is 4.40. The van der Waals surface area contributed by atoms with Gasteiger partial charge in [0.1, 0.15) is 0 Å². The molecule has 0 aromatic carbocycles. The molecule has 0 saturated carbocycles. The molecule has 70 valence electrons. The summed E-state index contributed by atoms with van der Waals surface area (Å²) in [5.74, 6) is 2.82. The summed E-state index contributed by atoms with van der Waals surface area (Å²) in [5, 5.41) is 0.940. The third-order valence-corrected chi connectivity index (χ3v) is 5.27. The minimum Gasteiger partial charge on any atom is -0.195 e. The van der Waals surface area contributed by atoms with Crippen molar-refractivity contribution in [2.24, 2.45) is 0 Å². The number of hydrogen-bond donors (Lipinski definition) is 0. The molecule has 0 N–H and O–H groups in total. The molecule has 3 heteroatoms. The zero-order valence-electron chi connectivity index (χ0n) is 8.05. The molecule has 12 heavy (non-hydrogen) atoms. The lowest BCUT2D eigenvalue weighted by Gasteiger charge is -2.17. The predicted molar refractivity (Wildman–Crippen MR) is 64.2 cm³/mol. The third-order valence-electron chi connectivity index (χ3n) is 2.19. The van der Waals surface area contributed by atoms with E-state index in [2.05, 4.69) is 30.1 Å². The van der Waals surface area contributed by atoms with E-state index in [0.717, 1.165) is 5.27 Å². The standard InChI is InChI=1S/C9H19BS2/c1-2-3-4-5-7-10-11-8-6-9-12-10/h2-9H2,1H3. The zero-order valence-corrected chi connectivity index (χ0v) is 9.68. The van der Waals surface area contributed by atoms with E-state index in [9.17, 15) is 0 Å². The van der Waals surface area contributed by atoms with Gasteiger partial charge in [0, 0.05) is 0 Å². The van der Waals surface area contributed by atoms with Crippen molar-refractivity contribution in [2.45, 2.75) is 45.3 Å². The van der Waals surface area contributed by atoms with Crippen molar-refractivity contribution >= 4 is 28.5 Å². The molecule has 0 nitrogen and oxygen atoms in total. The Morgan fingerprint density at radius 3 is 2.50 bits per heavy atom. The van der Waals surface area contributed by atoms with Crippen molar-refractivity contribution in [3.05, 3.63) is 0 Å². The molecule has 0 amide bonds. The lowest BCUT2D eigenvalue weighted by molar-refractivity contribution is 0.701. The Hall–Kier alpha value is 0.765. The second-order valence-electron chi connectivity index (χ2n) is 3.37. The Bertz CT molecular complexity index is 103. The van der Waals surface area contributed by atoms with Crippen LogP contribution in [-0.4, -0.2) is 16.8 Å². The van der Waals surface area contributed by atoms with Gasteiger partial charge in [-0.05, 0) is 17.9 Å². The molecule has 1 aliphatic heterocycles. The lowest BCUT2D eigenvalue weighted by atomic mass is 9.95. The first-order chi connectivity index (χ1) is 5.93. The molecule has 0 unspecified atom stereocenters. The summed E-state index contributed by atoms with van der Waals surface area (Å²) >= 11 is 4.37. The summed E-state index contributed by atoms with van der Waals surface area (Å²) in [6.45, 7) is 2.28. The third kappa shape index (κ3) is 4.71. The summed E-state index contributed by atoms with van der Waals surface area (Å²) in [7, 11) is 0. The van der Waals surface area contributed by atoms with Gasteiger partial charge in [-0.25, -0.2) is 0 Å². The van der Waals surface area contributed by atoms with Crippen molar-refractivity contribution in [1.82, 2.24) is 0 Å². The van der Waals surface area contributed by atoms with Gasteiger partial charge in [-0.15, -0.1) is 0 Å². The number of rotatable bonds is 5. The SMILES string of the molecule is CCCCCCB1SCCCS1. The molecule has 1 fully saturated rings. The highest BCUT2D eigenvalue weighted by Gasteiger charge is 2.17. The van der Waals surface area contributed by atoms with E-state index in [1.165, 1.54) is 49.9 Å². The van der Waals surface area contributed by atoms with E-state index in [1.54, 1.807) is 0 Å². The maximum absolute atomic E-state index is 2.28. The van der Waals surface area contributed by atoms with Crippen LogP contribution >= 0.6 is 23.2 Å². The van der Waals surface area contributed by atoms with E-state index >= 15 is 0 Å². The molecular formula is C9H19BS2. The summed E-state index contributed by atoms with van der Waals surface area (Å²) < 4.78 is 0. The number of unbranched alkanes of at least 4 members (excludes halogenated alkanes) is 3. The van der Waals surface area contributed by atoms with E-state index in [-0.39, 0.29) is 0 Å². The van der Waals surface area contributed by atoms with Crippen LogP contribution in [0.5, 0.6) is 0 Å². The van der Waals surface area contributed by atoms with Gasteiger partial charge < -0.3 is 0 Å². The topological polar surface area (TPSA) is 0 Å². The quantitative estimate of drug-likeness (QED) is 0.489. The summed E-state index contributed by atoms with van der Waals surface area (Å²) in [6.07, 6.45) is 8.59. The van der Waals surface area contributed by atoms with Crippen LogP contribution in [0, 0.1) is 0 Å². The van der Waals surface area contributed by atoms with E-state index in [4.69, 9.17) is 0 Å². The second-order valence-corrected chi connectivity index (χ2v) is 6.29. The molecular weight excluding hydrogens is 183 g/mol. The number of hydrogen-bond acceptors (Lipinski definition) is 2. The van der Waals surface area contributed by atoms with Gasteiger partial charge in [-0.3, -0.25) is 0 Å². The Labute approximate surface area is 85.5 Å². The van der Waals surface area contributed by atoms with Gasteiger partial charge in [-0.2, -0.15) is 23.2 Å². The molecule has 0 radical (unpaired) electrons. The summed E-state index contributed by atoms with van der Waals surface area (Å²) in [5.41, 5.74) is 0. The van der Waals surface area contributed by atoms with Crippen LogP contribution < -0.4 is 0 Å². The van der Waals surface area contributed by atoms with Gasteiger partial charge in [0.2, 0.25) is 0 Å². The molecule has 1 aliphatic rings. The first kappa shape index (κ1) is 10.8. The molecule has 1 heterocycles. The van der Waals surface area contributed by atoms with Crippen molar-refractivity contribution in [3.63, 3.8) is 0 Å². The molecule has 0 spiro atoms. The van der Waals surface area contributed by atoms with Gasteiger partial charge in [0.15, 0.2) is 0 Å². The predicted octanol–water partition coefficient (Wildman–Crippen LogP) is 3.93. The van der Waals surface area contributed by atoms with Gasteiger partial charge in [-0.1, -0.05) is 38.9 Å². The average Bonchev–Trinajstić information content (AvgIpc) is 2.14. The second kappa shape index (κ2) is 7.20. The first-order valence-corrected chi connectivity index (χ1v) is 7.26. The molecule has 1 rings (SSSR count). The lowest BCUT2D eigenvalue weighted by Crippen LogP contribution is -2.10. The summed E-state index contributed by atoms with van der Waals surface area (Å²) in [4.78, 5) is 0. The van der Waals surface area contributed by atoms with Crippen LogP contribution in [0.1, 0.15) is 39.0 Å². The van der Waals surface area contributed by atoms with Crippen LogP contribution in [0.15, 0.2) is 0 Å². The minimum atomic E-state index is 0.940. The smallest absolute Gasteiger partial charge is 0.195 e. The molecule has 0 aliphatic carbocycles. The Morgan fingerprint density at radius 2 is 1.83 bits per heavy atom. The molecule has 0 aromatic heterocycles. The fourth-order valence-electron chi connectivity index (χ4n) is 1.44. The van der Waals surface area contributed by atoms with Gasteiger partial charge in [0.25, 0.3) is 5.27 Å². The van der Waals surface area contributed by atoms with E-state index in [0.29, 0.717) is 0 Å². The van der Waals surface area contributed by atoms with Crippen molar-refractivity contribution in [3.8, 4) is 0 Å². The highest BCUT2D eigenvalue weighted by molar-refractivity contribution is 8.54. The highest BCUT2D eigenvalue weighted by atomic mass is 32.2. The maximum atomic E-state index is 2.28. The highest BCUT2D eigenvalue weighted by Crippen LogP contribution is 2.30.